The molecule has 6 nitrogen and oxygen atoms in total. The first-order valence-corrected chi connectivity index (χ1v) is 9.15. The van der Waals surface area contributed by atoms with Gasteiger partial charge in [0.1, 0.15) is 5.75 Å². The smallest absolute Gasteiger partial charge is 0.330 e. The van der Waals surface area contributed by atoms with Gasteiger partial charge in [0.05, 0.1) is 7.11 Å². The van der Waals surface area contributed by atoms with Gasteiger partial charge in [0, 0.05) is 38.4 Å². The van der Waals surface area contributed by atoms with Gasteiger partial charge in [0.15, 0.2) is 0 Å². The molecule has 0 unspecified atom stereocenters. The van der Waals surface area contributed by atoms with E-state index in [-0.39, 0.29) is 17.3 Å². The molecule has 0 spiro atoms. The fraction of sp³-hybridized carbons (Fsp3) is 0.500. The van der Waals surface area contributed by atoms with E-state index in [2.05, 4.69) is 17.0 Å². The first-order valence-electron chi connectivity index (χ1n) is 9.15. The number of rotatable bonds is 4. The van der Waals surface area contributed by atoms with Crippen molar-refractivity contribution in [1.29, 1.82) is 0 Å². The van der Waals surface area contributed by atoms with E-state index in [9.17, 15) is 9.59 Å². The van der Waals surface area contributed by atoms with E-state index in [1.807, 2.05) is 12.1 Å². The van der Waals surface area contributed by atoms with Crippen LogP contribution < -0.4 is 16.0 Å². The molecule has 0 N–H and O–H groups in total. The summed E-state index contributed by atoms with van der Waals surface area (Å²) in [5.41, 5.74) is 1.49. The van der Waals surface area contributed by atoms with E-state index in [4.69, 9.17) is 4.74 Å². The Balaban J connectivity index is 1.92. The largest absolute Gasteiger partial charge is 0.497 e. The molecule has 6 heteroatoms. The second-order valence-corrected chi connectivity index (χ2v) is 6.98. The van der Waals surface area contributed by atoms with Crippen LogP contribution in [0.25, 0.3) is 0 Å². The zero-order valence-corrected chi connectivity index (χ0v) is 15.8. The maximum atomic E-state index is 12.2. The number of methoxy groups -OCH3 is 1. The molecule has 0 amide bonds. The van der Waals surface area contributed by atoms with E-state index in [1.54, 1.807) is 24.8 Å². The maximum Gasteiger partial charge on any atom is 0.330 e. The maximum absolute atomic E-state index is 12.2. The zero-order valence-electron chi connectivity index (χ0n) is 15.8. The van der Waals surface area contributed by atoms with Crippen LogP contribution in [0.5, 0.6) is 5.75 Å². The van der Waals surface area contributed by atoms with Crippen LogP contribution in [0.4, 0.5) is 0 Å². The normalized spacial score (nSPS) is 18.5. The summed E-state index contributed by atoms with van der Waals surface area (Å²) >= 11 is 0. The Morgan fingerprint density at radius 2 is 1.77 bits per heavy atom. The van der Waals surface area contributed by atoms with Gasteiger partial charge in [-0.3, -0.25) is 18.8 Å². The molecule has 3 rings (SSSR count). The van der Waals surface area contributed by atoms with Crippen LogP contribution in [-0.2, 0) is 20.6 Å². The molecule has 0 saturated carbocycles. The lowest BCUT2D eigenvalue weighted by molar-refractivity contribution is 0.187. The summed E-state index contributed by atoms with van der Waals surface area (Å²) < 4.78 is 7.99. The molecule has 1 aromatic heterocycles. The Bertz CT molecular complexity index is 867. The summed E-state index contributed by atoms with van der Waals surface area (Å²) in [5.74, 6) is 0.850. The lowest BCUT2D eigenvalue weighted by atomic mass is 10.0. The number of benzene rings is 1. The van der Waals surface area contributed by atoms with Crippen molar-refractivity contribution in [2.45, 2.75) is 38.3 Å². The first kappa shape index (κ1) is 18.5. The van der Waals surface area contributed by atoms with Crippen LogP contribution in [0.1, 0.15) is 43.0 Å². The van der Waals surface area contributed by atoms with Gasteiger partial charge in [0.25, 0.3) is 5.56 Å². The minimum absolute atomic E-state index is 0.251. The summed E-state index contributed by atoms with van der Waals surface area (Å²) in [6.07, 6.45) is 4.60. The van der Waals surface area contributed by atoms with Crippen molar-refractivity contribution < 1.29 is 4.74 Å². The highest BCUT2D eigenvalue weighted by Crippen LogP contribution is 2.32. The number of ether oxygens (including phenoxy) is 1. The van der Waals surface area contributed by atoms with E-state index >= 15 is 0 Å². The molecule has 0 radical (unpaired) electrons. The summed E-state index contributed by atoms with van der Waals surface area (Å²) in [4.78, 5) is 26.7. The monoisotopic (exact) mass is 357 g/mol. The fourth-order valence-electron chi connectivity index (χ4n) is 3.70. The molecule has 0 bridgehead atoms. The van der Waals surface area contributed by atoms with Crippen LogP contribution >= 0.6 is 0 Å². The molecule has 1 aliphatic rings. The summed E-state index contributed by atoms with van der Waals surface area (Å²) in [6.45, 7) is 1.55. The molecule has 26 heavy (non-hydrogen) atoms. The van der Waals surface area contributed by atoms with Gasteiger partial charge in [-0.1, -0.05) is 25.0 Å². The minimum Gasteiger partial charge on any atom is -0.497 e. The number of likely N-dealkylation sites (tertiary alicyclic amines) is 1. The third-order valence-electron chi connectivity index (χ3n) is 5.35. The van der Waals surface area contributed by atoms with Gasteiger partial charge in [-0.25, -0.2) is 4.79 Å². The van der Waals surface area contributed by atoms with Gasteiger partial charge >= 0.3 is 5.69 Å². The first-order chi connectivity index (χ1) is 12.5. The van der Waals surface area contributed by atoms with Crippen LogP contribution in [0.15, 0.2) is 39.9 Å². The Labute approximate surface area is 153 Å². The van der Waals surface area contributed by atoms with Gasteiger partial charge in [0.2, 0.25) is 0 Å². The highest BCUT2D eigenvalue weighted by atomic mass is 16.5. The molecule has 1 fully saturated rings. The van der Waals surface area contributed by atoms with Crippen LogP contribution in [0.3, 0.4) is 0 Å². The van der Waals surface area contributed by atoms with E-state index in [0.717, 1.165) is 35.4 Å². The standard InChI is InChI=1S/C20H27N3O3/c1-21-16(13-19(24)22(2)20(21)25)14-23-12-6-4-5-7-18(23)15-8-10-17(26-3)11-9-15/h8-11,13,18H,4-7,12,14H2,1-3H3/t18-/m1/s1. The zero-order chi connectivity index (χ0) is 18.7. The van der Waals surface area contributed by atoms with Crippen molar-refractivity contribution >= 4 is 0 Å². The van der Waals surface area contributed by atoms with Crippen molar-refractivity contribution in [2.75, 3.05) is 13.7 Å². The lowest BCUT2D eigenvalue weighted by Crippen LogP contribution is -2.40. The molecule has 2 heterocycles. The predicted octanol–water partition coefficient (Wildman–Crippen LogP) is 2.21. The topological polar surface area (TPSA) is 56.5 Å². The lowest BCUT2D eigenvalue weighted by Gasteiger charge is -2.31. The molecule has 1 atom stereocenters. The second-order valence-electron chi connectivity index (χ2n) is 6.98. The second kappa shape index (κ2) is 7.91. The summed E-state index contributed by atoms with van der Waals surface area (Å²) in [5, 5.41) is 0. The van der Waals surface area contributed by atoms with Gasteiger partial charge in [-0.15, -0.1) is 0 Å². The Kier molecular flexibility index (Phi) is 5.61. The van der Waals surface area contributed by atoms with Crippen molar-refractivity contribution in [1.82, 2.24) is 14.0 Å². The van der Waals surface area contributed by atoms with Gasteiger partial charge < -0.3 is 4.74 Å². The number of hydrogen-bond acceptors (Lipinski definition) is 4. The van der Waals surface area contributed by atoms with Crippen molar-refractivity contribution in [3.05, 3.63) is 62.4 Å². The minimum atomic E-state index is -0.275. The Morgan fingerprint density at radius 3 is 2.46 bits per heavy atom. The highest BCUT2D eigenvalue weighted by Gasteiger charge is 2.24. The van der Waals surface area contributed by atoms with E-state index < -0.39 is 0 Å². The number of aromatic nitrogens is 2. The molecule has 0 aliphatic carbocycles. The van der Waals surface area contributed by atoms with Crippen molar-refractivity contribution in [3.8, 4) is 5.75 Å². The number of nitrogens with zero attached hydrogens (tertiary/aromatic N) is 3. The quantitative estimate of drug-likeness (QED) is 0.842. The highest BCUT2D eigenvalue weighted by molar-refractivity contribution is 5.29. The third kappa shape index (κ3) is 3.75. The molecular weight excluding hydrogens is 330 g/mol. The van der Waals surface area contributed by atoms with Crippen molar-refractivity contribution in [2.24, 2.45) is 14.1 Å². The fourth-order valence-corrected chi connectivity index (χ4v) is 3.70. The summed E-state index contributed by atoms with van der Waals surface area (Å²) in [7, 11) is 4.92. The van der Waals surface area contributed by atoms with E-state index in [1.165, 1.54) is 25.5 Å². The predicted molar refractivity (Wildman–Crippen MR) is 102 cm³/mol. The Hall–Kier alpha value is -2.34. The molecule has 140 valence electrons. The molecule has 1 aromatic carbocycles. The molecular formula is C20H27N3O3. The molecule has 1 saturated heterocycles. The molecule has 2 aromatic rings. The van der Waals surface area contributed by atoms with Gasteiger partial charge in [-0.05, 0) is 37.1 Å². The Morgan fingerprint density at radius 1 is 1.04 bits per heavy atom. The van der Waals surface area contributed by atoms with Gasteiger partial charge in [-0.2, -0.15) is 0 Å². The van der Waals surface area contributed by atoms with E-state index in [0.29, 0.717) is 6.54 Å². The summed E-state index contributed by atoms with van der Waals surface area (Å²) in [6, 6.07) is 10.1. The average Bonchev–Trinajstić information content (AvgIpc) is 2.90. The van der Waals surface area contributed by atoms with Crippen molar-refractivity contribution in [3.63, 3.8) is 0 Å². The van der Waals surface area contributed by atoms with Crippen LogP contribution in [0.2, 0.25) is 0 Å². The van der Waals surface area contributed by atoms with Crippen LogP contribution in [-0.4, -0.2) is 27.7 Å². The SMILES string of the molecule is COc1ccc([C@H]2CCCCCN2Cc2cc(=O)n(C)c(=O)n2C)cc1. The average molecular weight is 357 g/mol. The number of hydrogen-bond donors (Lipinski definition) is 0. The van der Waals surface area contributed by atoms with Crippen LogP contribution in [0, 0.1) is 0 Å². The third-order valence-corrected chi connectivity index (χ3v) is 5.35. The molecule has 1 aliphatic heterocycles.